The summed E-state index contributed by atoms with van der Waals surface area (Å²) < 4.78 is 24.7. The topological polar surface area (TPSA) is 97.4 Å². The molecule has 0 spiro atoms. The van der Waals surface area contributed by atoms with Crippen LogP contribution < -0.4 is 16.0 Å². The number of alkyl carbamates (subject to hydrolysis) is 1. The van der Waals surface area contributed by atoms with Crippen molar-refractivity contribution in [1.82, 2.24) is 15.3 Å². The fraction of sp³-hybridized carbons (Fsp3) is 0.560. The van der Waals surface area contributed by atoms with Gasteiger partial charge in [0.2, 0.25) is 0 Å². The Morgan fingerprint density at radius 2 is 1.94 bits per heavy atom. The first kappa shape index (κ1) is 25.4. The Morgan fingerprint density at radius 3 is 2.66 bits per heavy atom. The van der Waals surface area contributed by atoms with Crippen molar-refractivity contribution in [2.45, 2.75) is 57.5 Å². The third-order valence-electron chi connectivity index (χ3n) is 6.95. The lowest BCUT2D eigenvalue weighted by Gasteiger charge is -2.33. The number of anilines is 2. The Bertz CT molecular complexity index is 1030. The lowest BCUT2D eigenvalue weighted by Crippen LogP contribution is -2.40. The Hall–Kier alpha value is -2.65. The van der Waals surface area contributed by atoms with Crippen LogP contribution in [0.4, 0.5) is 20.8 Å². The molecule has 0 bridgehead atoms. The Morgan fingerprint density at radius 1 is 1.23 bits per heavy atom. The molecule has 3 N–H and O–H groups in total. The van der Waals surface area contributed by atoms with Crippen LogP contribution in [0, 0.1) is 11.2 Å². The second-order valence-electron chi connectivity index (χ2n) is 9.68. The van der Waals surface area contributed by atoms with E-state index in [1.807, 2.05) is 6.07 Å². The molecule has 2 fully saturated rings. The molecule has 0 aromatic carbocycles. The van der Waals surface area contributed by atoms with E-state index < -0.39 is 11.9 Å². The van der Waals surface area contributed by atoms with Crippen LogP contribution in [-0.4, -0.2) is 55.0 Å². The summed E-state index contributed by atoms with van der Waals surface area (Å²) in [5.41, 5.74) is 1.30. The standard InChI is InChI=1S/C25H33ClFN5O3/c1-25(9-11-35-12-10-25)15-29-23-20(27)7-8-21(32-23)18-13-22(28-14-19(18)26)30-16-3-5-17(6-4-16)31-24(33)34-2/h7-8,13-14,16-17H,3-6,9-12,15H2,1-2H3,(H,28,30)(H,29,32)(H,31,33)/t16-,17-. The Labute approximate surface area is 210 Å². The average molecular weight is 506 g/mol. The third kappa shape index (κ3) is 6.73. The molecule has 1 saturated carbocycles. The number of aromatic nitrogens is 2. The number of hydrogen-bond donors (Lipinski definition) is 3. The van der Waals surface area contributed by atoms with E-state index in [9.17, 15) is 9.18 Å². The summed E-state index contributed by atoms with van der Waals surface area (Å²) in [6.07, 6.45) is 6.53. The number of halogens is 2. The maximum Gasteiger partial charge on any atom is 0.407 e. The lowest BCUT2D eigenvalue weighted by atomic mass is 9.82. The molecule has 2 aliphatic rings. The maximum absolute atomic E-state index is 14.5. The normalized spacial score (nSPS) is 21.7. The van der Waals surface area contributed by atoms with Crippen molar-refractivity contribution >= 4 is 29.3 Å². The van der Waals surface area contributed by atoms with E-state index in [0.717, 1.165) is 51.7 Å². The zero-order chi connectivity index (χ0) is 24.8. The van der Waals surface area contributed by atoms with Crippen molar-refractivity contribution in [3.63, 3.8) is 0 Å². The van der Waals surface area contributed by atoms with Gasteiger partial charge in [0.1, 0.15) is 5.82 Å². The van der Waals surface area contributed by atoms with Gasteiger partial charge < -0.3 is 25.4 Å². The van der Waals surface area contributed by atoms with Gasteiger partial charge in [-0.25, -0.2) is 19.2 Å². The molecule has 1 amide bonds. The van der Waals surface area contributed by atoms with Gasteiger partial charge in [0, 0.05) is 43.6 Å². The first-order valence-electron chi connectivity index (χ1n) is 12.1. The molecule has 2 aromatic rings. The Balaban J connectivity index is 1.42. The van der Waals surface area contributed by atoms with E-state index in [-0.39, 0.29) is 23.3 Å². The van der Waals surface area contributed by atoms with Crippen molar-refractivity contribution in [3.8, 4) is 11.3 Å². The number of nitrogens with one attached hydrogen (secondary N) is 3. The molecule has 8 nitrogen and oxygen atoms in total. The number of rotatable bonds is 7. The van der Waals surface area contributed by atoms with Gasteiger partial charge >= 0.3 is 6.09 Å². The molecule has 2 aromatic heterocycles. The van der Waals surface area contributed by atoms with Gasteiger partial charge in [0.15, 0.2) is 11.6 Å². The summed E-state index contributed by atoms with van der Waals surface area (Å²) in [5, 5.41) is 9.97. The van der Waals surface area contributed by atoms with Crippen molar-refractivity contribution in [2.75, 3.05) is 37.5 Å². The number of carbonyl (C=O) groups excluding carboxylic acids is 1. The van der Waals surface area contributed by atoms with E-state index in [4.69, 9.17) is 16.3 Å². The third-order valence-corrected chi connectivity index (χ3v) is 7.25. The number of ether oxygens (including phenoxy) is 2. The predicted octanol–water partition coefficient (Wildman–Crippen LogP) is 5.24. The highest BCUT2D eigenvalue weighted by Crippen LogP contribution is 2.33. The van der Waals surface area contributed by atoms with Crippen molar-refractivity contribution in [1.29, 1.82) is 0 Å². The highest BCUT2D eigenvalue weighted by Gasteiger charge is 2.28. The van der Waals surface area contributed by atoms with E-state index in [0.29, 0.717) is 28.6 Å². The molecular formula is C25H33ClFN5O3. The molecule has 1 aliphatic heterocycles. The second kappa shape index (κ2) is 11.4. The van der Waals surface area contributed by atoms with Crippen LogP contribution in [0.3, 0.4) is 0 Å². The number of nitrogens with zero attached hydrogens (tertiary/aromatic N) is 2. The molecule has 190 valence electrons. The van der Waals surface area contributed by atoms with Crippen molar-refractivity contribution in [2.24, 2.45) is 5.41 Å². The summed E-state index contributed by atoms with van der Waals surface area (Å²) in [4.78, 5) is 20.4. The van der Waals surface area contributed by atoms with Crippen LogP contribution >= 0.6 is 11.6 Å². The molecule has 35 heavy (non-hydrogen) atoms. The molecule has 10 heteroatoms. The van der Waals surface area contributed by atoms with Crippen LogP contribution in [-0.2, 0) is 9.47 Å². The first-order chi connectivity index (χ1) is 16.8. The lowest BCUT2D eigenvalue weighted by molar-refractivity contribution is 0.0299. The van der Waals surface area contributed by atoms with E-state index in [1.165, 1.54) is 13.2 Å². The van der Waals surface area contributed by atoms with Gasteiger partial charge in [-0.15, -0.1) is 0 Å². The number of methoxy groups -OCH3 is 1. The Kier molecular flexibility index (Phi) is 8.28. The number of hydrogen-bond acceptors (Lipinski definition) is 7. The van der Waals surface area contributed by atoms with Crippen molar-refractivity contribution < 1.29 is 18.7 Å². The van der Waals surface area contributed by atoms with Crippen LogP contribution in [0.1, 0.15) is 45.4 Å². The van der Waals surface area contributed by atoms with E-state index in [1.54, 1.807) is 12.3 Å². The molecule has 0 radical (unpaired) electrons. The number of carbonyl (C=O) groups is 1. The maximum atomic E-state index is 14.5. The predicted molar refractivity (Wildman–Crippen MR) is 134 cm³/mol. The van der Waals surface area contributed by atoms with E-state index >= 15 is 0 Å². The van der Waals surface area contributed by atoms with Gasteiger partial charge in [-0.3, -0.25) is 0 Å². The zero-order valence-electron chi connectivity index (χ0n) is 20.2. The molecule has 4 rings (SSSR count). The summed E-state index contributed by atoms with van der Waals surface area (Å²) in [5.74, 6) is 0.503. The van der Waals surface area contributed by atoms with Crippen LogP contribution in [0.2, 0.25) is 5.02 Å². The minimum atomic E-state index is -0.398. The largest absolute Gasteiger partial charge is 0.453 e. The molecule has 3 heterocycles. The first-order valence-corrected chi connectivity index (χ1v) is 12.5. The van der Waals surface area contributed by atoms with E-state index in [2.05, 4.69) is 37.6 Å². The fourth-order valence-corrected chi connectivity index (χ4v) is 4.79. The molecule has 0 unspecified atom stereocenters. The van der Waals surface area contributed by atoms with Gasteiger partial charge in [-0.2, -0.15) is 0 Å². The number of amides is 1. The van der Waals surface area contributed by atoms with Crippen LogP contribution in [0.15, 0.2) is 24.4 Å². The van der Waals surface area contributed by atoms with Gasteiger partial charge in [0.05, 0.1) is 17.8 Å². The summed E-state index contributed by atoms with van der Waals surface area (Å²) in [6.45, 7) is 4.25. The highest BCUT2D eigenvalue weighted by atomic mass is 35.5. The van der Waals surface area contributed by atoms with Crippen molar-refractivity contribution in [3.05, 3.63) is 35.2 Å². The summed E-state index contributed by atoms with van der Waals surface area (Å²) in [6, 6.07) is 5.24. The SMILES string of the molecule is COC(=O)N[C@H]1CC[C@H](Nc2cc(-c3ccc(F)c(NCC4(C)CCOCC4)n3)c(Cl)cn2)CC1. The zero-order valence-corrected chi connectivity index (χ0v) is 21.0. The average Bonchev–Trinajstić information content (AvgIpc) is 2.86. The van der Waals surface area contributed by atoms with Gasteiger partial charge in [-0.05, 0) is 62.1 Å². The molecular weight excluding hydrogens is 473 g/mol. The monoisotopic (exact) mass is 505 g/mol. The quantitative estimate of drug-likeness (QED) is 0.473. The van der Waals surface area contributed by atoms with Crippen LogP contribution in [0.5, 0.6) is 0 Å². The van der Waals surface area contributed by atoms with Gasteiger partial charge in [0.25, 0.3) is 0 Å². The smallest absolute Gasteiger partial charge is 0.407 e. The summed E-state index contributed by atoms with van der Waals surface area (Å²) >= 11 is 6.46. The fourth-order valence-electron chi connectivity index (χ4n) is 4.58. The highest BCUT2D eigenvalue weighted by molar-refractivity contribution is 6.33. The molecule has 1 aliphatic carbocycles. The molecule has 1 saturated heterocycles. The van der Waals surface area contributed by atoms with Gasteiger partial charge in [-0.1, -0.05) is 18.5 Å². The summed E-state index contributed by atoms with van der Waals surface area (Å²) in [7, 11) is 1.37. The van der Waals surface area contributed by atoms with Crippen LogP contribution in [0.25, 0.3) is 11.3 Å². The minimum Gasteiger partial charge on any atom is -0.453 e. The molecule has 0 atom stereocenters. The number of pyridine rings is 2. The minimum absolute atomic E-state index is 0.0408. The second-order valence-corrected chi connectivity index (χ2v) is 10.1.